The lowest BCUT2D eigenvalue weighted by Crippen LogP contribution is -1.94. The van der Waals surface area contributed by atoms with Crippen molar-refractivity contribution in [3.63, 3.8) is 0 Å². The molecule has 0 spiro atoms. The second-order valence-electron chi connectivity index (χ2n) is 12.9. The fraction of sp³-hybridized carbons (Fsp3) is 0.0213. The van der Waals surface area contributed by atoms with Crippen LogP contribution in [0.15, 0.2) is 170 Å². The van der Waals surface area contributed by atoms with Crippen molar-refractivity contribution >= 4 is 31.6 Å². The average molecular weight is 655 g/mol. The van der Waals surface area contributed by atoms with Gasteiger partial charge in [0.25, 0.3) is 0 Å². The second kappa shape index (κ2) is 11.8. The molecule has 0 radical (unpaired) electrons. The van der Waals surface area contributed by atoms with Gasteiger partial charge in [-0.15, -0.1) is 11.3 Å². The van der Waals surface area contributed by atoms with Crippen molar-refractivity contribution in [3.05, 3.63) is 181 Å². The number of fused-ring (bicyclic) bond motifs is 6. The molecule has 0 aliphatic heterocycles. The van der Waals surface area contributed by atoms with Gasteiger partial charge in [-0.25, -0.2) is 9.97 Å². The fourth-order valence-electron chi connectivity index (χ4n) is 7.57. The van der Waals surface area contributed by atoms with Crippen LogP contribution in [-0.2, 0) is 6.42 Å². The zero-order valence-corrected chi connectivity index (χ0v) is 28.0. The van der Waals surface area contributed by atoms with E-state index in [1.807, 2.05) is 0 Å². The lowest BCUT2D eigenvalue weighted by Gasteiger charge is -2.12. The maximum atomic E-state index is 5.35. The van der Waals surface area contributed by atoms with Crippen molar-refractivity contribution in [1.82, 2.24) is 9.97 Å². The van der Waals surface area contributed by atoms with Crippen LogP contribution >= 0.6 is 11.3 Å². The number of hydrogen-bond donors (Lipinski definition) is 0. The molecule has 0 fully saturated rings. The van der Waals surface area contributed by atoms with Crippen LogP contribution in [0.3, 0.4) is 0 Å². The van der Waals surface area contributed by atoms with Gasteiger partial charge in [0.1, 0.15) is 4.83 Å². The molecule has 7 aromatic carbocycles. The summed E-state index contributed by atoms with van der Waals surface area (Å²) < 4.78 is 1.22. The van der Waals surface area contributed by atoms with Crippen LogP contribution in [0.1, 0.15) is 11.1 Å². The molecule has 0 saturated carbocycles. The summed E-state index contributed by atoms with van der Waals surface area (Å²) in [4.78, 5) is 11.6. The van der Waals surface area contributed by atoms with Crippen molar-refractivity contribution in [2.75, 3.05) is 0 Å². The Morgan fingerprint density at radius 1 is 0.420 bits per heavy atom. The Labute approximate surface area is 295 Å². The molecule has 9 aromatic rings. The first-order valence-corrected chi connectivity index (χ1v) is 17.8. The SMILES string of the molecule is c1ccc(-c2cccc(-c3nc(-c4cccc(-c5cccc(-c6cccc7c6Cc6ccccc6-7)c5)c4)nc4sc5ccccc5c34)c2)cc1. The van der Waals surface area contributed by atoms with Gasteiger partial charge in [-0.2, -0.15) is 0 Å². The van der Waals surface area contributed by atoms with E-state index in [4.69, 9.17) is 9.97 Å². The lowest BCUT2D eigenvalue weighted by molar-refractivity contribution is 1.24. The van der Waals surface area contributed by atoms with Crippen LogP contribution < -0.4 is 0 Å². The van der Waals surface area contributed by atoms with Gasteiger partial charge < -0.3 is 0 Å². The van der Waals surface area contributed by atoms with Gasteiger partial charge in [-0.05, 0) is 86.3 Å². The molecule has 0 saturated heterocycles. The maximum absolute atomic E-state index is 5.35. The van der Waals surface area contributed by atoms with Crippen molar-refractivity contribution in [2.45, 2.75) is 6.42 Å². The van der Waals surface area contributed by atoms with Gasteiger partial charge in [0.05, 0.1) is 5.69 Å². The molecule has 2 heterocycles. The average Bonchev–Trinajstić information content (AvgIpc) is 3.77. The summed E-state index contributed by atoms with van der Waals surface area (Å²) in [5.41, 5.74) is 15.8. The van der Waals surface area contributed by atoms with Gasteiger partial charge in [-0.3, -0.25) is 0 Å². The summed E-state index contributed by atoms with van der Waals surface area (Å²) in [6.45, 7) is 0. The molecule has 1 aliphatic rings. The Hall–Kier alpha value is -6.16. The molecule has 1 aliphatic carbocycles. The van der Waals surface area contributed by atoms with Gasteiger partial charge in [-0.1, -0.05) is 146 Å². The molecule has 50 heavy (non-hydrogen) atoms. The Bertz CT molecular complexity index is 2740. The molecular weight excluding hydrogens is 625 g/mol. The van der Waals surface area contributed by atoms with Gasteiger partial charge in [0.15, 0.2) is 5.82 Å². The highest BCUT2D eigenvalue weighted by Gasteiger charge is 2.22. The minimum atomic E-state index is 0.737. The maximum Gasteiger partial charge on any atom is 0.161 e. The molecule has 10 rings (SSSR count). The third-order valence-corrected chi connectivity index (χ3v) is 11.0. The number of nitrogens with zero attached hydrogens (tertiary/aromatic N) is 2. The van der Waals surface area contributed by atoms with Crippen molar-refractivity contribution < 1.29 is 0 Å². The van der Waals surface area contributed by atoms with Crippen molar-refractivity contribution in [3.8, 4) is 67.2 Å². The number of thiophene rings is 1. The first kappa shape index (κ1) is 28.8. The van der Waals surface area contributed by atoms with Crippen molar-refractivity contribution in [1.29, 1.82) is 0 Å². The highest BCUT2D eigenvalue weighted by atomic mass is 32.1. The van der Waals surface area contributed by atoms with E-state index < -0.39 is 0 Å². The van der Waals surface area contributed by atoms with E-state index in [0.717, 1.165) is 44.8 Å². The summed E-state index contributed by atoms with van der Waals surface area (Å²) in [7, 11) is 0. The smallest absolute Gasteiger partial charge is 0.161 e. The first-order valence-electron chi connectivity index (χ1n) is 17.0. The first-order chi connectivity index (χ1) is 24.8. The molecule has 234 valence electrons. The number of rotatable bonds is 5. The molecule has 0 N–H and O–H groups in total. The zero-order chi connectivity index (χ0) is 33.0. The zero-order valence-electron chi connectivity index (χ0n) is 27.2. The Balaban J connectivity index is 1.08. The van der Waals surface area contributed by atoms with Crippen LogP contribution in [0, 0.1) is 0 Å². The standard InChI is InChI=1S/C47H30N2S/c1-2-12-30(13-3-1)31-15-9-19-36(27-31)45-44-41-22-6-7-25-43(41)50-47(44)49-46(48-45)37-20-10-17-33(28-37)32-16-8-18-34(26-32)39-23-11-24-40-38-21-5-4-14-35(38)29-42(39)40/h1-28H,29H2. The molecular formula is C47H30N2S. The quantitative estimate of drug-likeness (QED) is 0.185. The lowest BCUT2D eigenvalue weighted by atomic mass is 9.93. The summed E-state index contributed by atoms with van der Waals surface area (Å²) in [5, 5.41) is 2.31. The minimum absolute atomic E-state index is 0.737. The van der Waals surface area contributed by atoms with Crippen LogP contribution in [0.2, 0.25) is 0 Å². The van der Waals surface area contributed by atoms with E-state index in [0.29, 0.717) is 0 Å². The highest BCUT2D eigenvalue weighted by molar-refractivity contribution is 7.25. The second-order valence-corrected chi connectivity index (χ2v) is 14.0. The van der Waals surface area contributed by atoms with Crippen LogP contribution in [-0.4, -0.2) is 9.97 Å². The third-order valence-electron chi connectivity index (χ3n) is 9.96. The van der Waals surface area contributed by atoms with E-state index in [1.165, 1.54) is 60.2 Å². The fourth-order valence-corrected chi connectivity index (χ4v) is 8.65. The highest BCUT2D eigenvalue weighted by Crippen LogP contribution is 2.43. The topological polar surface area (TPSA) is 25.8 Å². The third kappa shape index (κ3) is 4.86. The van der Waals surface area contributed by atoms with E-state index in [1.54, 1.807) is 11.3 Å². The largest absolute Gasteiger partial charge is 0.227 e. The number of hydrogen-bond acceptors (Lipinski definition) is 3. The monoisotopic (exact) mass is 654 g/mol. The van der Waals surface area contributed by atoms with Crippen LogP contribution in [0.5, 0.6) is 0 Å². The van der Waals surface area contributed by atoms with Gasteiger partial charge in [0, 0.05) is 26.6 Å². The minimum Gasteiger partial charge on any atom is -0.227 e. The molecule has 2 aromatic heterocycles. The number of aromatic nitrogens is 2. The van der Waals surface area contributed by atoms with E-state index in [-0.39, 0.29) is 0 Å². The van der Waals surface area contributed by atoms with Crippen LogP contribution in [0.4, 0.5) is 0 Å². The number of benzene rings is 7. The predicted octanol–water partition coefficient (Wildman–Crippen LogP) is 12.8. The molecule has 2 nitrogen and oxygen atoms in total. The Kier molecular flexibility index (Phi) is 6.78. The van der Waals surface area contributed by atoms with Gasteiger partial charge in [0.2, 0.25) is 0 Å². The molecule has 0 amide bonds. The Morgan fingerprint density at radius 2 is 1.00 bits per heavy atom. The van der Waals surface area contributed by atoms with E-state index in [2.05, 4.69) is 170 Å². The molecule has 0 bridgehead atoms. The van der Waals surface area contributed by atoms with Crippen LogP contribution in [0.25, 0.3) is 87.5 Å². The predicted molar refractivity (Wildman–Crippen MR) is 210 cm³/mol. The van der Waals surface area contributed by atoms with E-state index in [9.17, 15) is 0 Å². The van der Waals surface area contributed by atoms with E-state index >= 15 is 0 Å². The molecule has 3 heteroatoms. The normalized spacial score (nSPS) is 11.9. The molecule has 0 atom stereocenters. The summed E-state index contributed by atoms with van der Waals surface area (Å²) in [5.74, 6) is 0.737. The van der Waals surface area contributed by atoms with Crippen molar-refractivity contribution in [2.24, 2.45) is 0 Å². The summed E-state index contributed by atoms with van der Waals surface area (Å²) in [6.07, 6.45) is 0.968. The summed E-state index contributed by atoms with van der Waals surface area (Å²) >= 11 is 1.73. The van der Waals surface area contributed by atoms with Gasteiger partial charge >= 0.3 is 0 Å². The Morgan fingerprint density at radius 3 is 1.86 bits per heavy atom. The summed E-state index contributed by atoms with van der Waals surface area (Å²) in [6, 6.07) is 61.0. The molecule has 0 unspecified atom stereocenters.